The molecule has 14 rings (SSSR count). The summed E-state index contributed by atoms with van der Waals surface area (Å²) >= 11 is 0. The Morgan fingerprint density at radius 1 is 0.190 bits per heavy atom. The van der Waals surface area contributed by atoms with Gasteiger partial charge in [-0.2, -0.15) is 0 Å². The molecular formula is C64H88O20Si16. The van der Waals surface area contributed by atoms with Gasteiger partial charge in [-0.25, -0.2) is 0 Å². The van der Waals surface area contributed by atoms with Gasteiger partial charge in [0.05, 0.1) is 0 Å². The molecule has 0 radical (unpaired) electrons. The maximum atomic E-state index is 8.71. The van der Waals surface area contributed by atoms with E-state index in [4.69, 9.17) is 82.3 Å². The molecule has 100 heavy (non-hydrogen) atoms. The van der Waals surface area contributed by atoms with Gasteiger partial charge in [0.25, 0.3) is 0 Å². The van der Waals surface area contributed by atoms with Crippen molar-refractivity contribution < 1.29 is 82.3 Å². The number of rotatable bonds is 20. The summed E-state index contributed by atoms with van der Waals surface area (Å²) in [6.07, 6.45) is 0. The molecule has 8 aromatic rings. The van der Waals surface area contributed by atoms with Gasteiger partial charge in [0.2, 0.25) is 0 Å². The van der Waals surface area contributed by atoms with Gasteiger partial charge in [0, 0.05) is 54.6 Å². The lowest BCUT2D eigenvalue weighted by Crippen LogP contribution is -2.93. The van der Waals surface area contributed by atoms with E-state index in [1.54, 1.807) is 0 Å². The summed E-state index contributed by atoms with van der Waals surface area (Å²) in [6, 6.07) is 76.3. The molecule has 20 nitrogen and oxygen atoms in total. The molecule has 6 aliphatic rings. The molecule has 0 saturated carbocycles. The van der Waals surface area contributed by atoms with Crippen LogP contribution in [0, 0.1) is 0 Å². The monoisotopic (exact) mass is 1620 g/mol. The van der Waals surface area contributed by atoms with E-state index in [1.807, 2.05) is 308 Å². The van der Waals surface area contributed by atoms with Crippen molar-refractivity contribution in [2.75, 3.05) is 0 Å². The van der Waals surface area contributed by atoms with Crippen LogP contribution in [0.25, 0.3) is 0 Å². The van der Waals surface area contributed by atoms with Gasteiger partial charge < -0.3 is 82.3 Å². The molecule has 0 aromatic heterocycles. The maximum Gasteiger partial charge on any atom is 0.515 e. The minimum absolute atomic E-state index is 0.410. The summed E-state index contributed by atoms with van der Waals surface area (Å²) in [5, 5.41) is 3.38. The highest BCUT2D eigenvalue weighted by atomic mass is 28.6. The fraction of sp³-hybridized carbons (Fsp3) is 0.250. The third kappa shape index (κ3) is 15.8. The van der Waals surface area contributed by atoms with Crippen molar-refractivity contribution in [2.45, 2.75) is 105 Å². The summed E-state index contributed by atoms with van der Waals surface area (Å²) < 4.78 is 165. The molecule has 6 saturated heterocycles. The van der Waals surface area contributed by atoms with Gasteiger partial charge in [0.1, 0.15) is 0 Å². The second-order valence-corrected chi connectivity index (χ2v) is 81.9. The molecule has 0 spiro atoms. The molecule has 0 atom stereocenters. The molecule has 6 heterocycles. The van der Waals surface area contributed by atoms with E-state index in [0.717, 1.165) is 0 Å². The Bertz CT molecular complexity index is 3630. The molecular weight excluding hydrogens is 1540 g/mol. The lowest BCUT2D eigenvalue weighted by atomic mass is 10.4. The van der Waals surface area contributed by atoms with E-state index in [2.05, 4.69) is 39.3 Å². The van der Waals surface area contributed by atoms with Gasteiger partial charge in [-0.05, 0) is 91.7 Å². The number of hydrogen-bond acceptors (Lipinski definition) is 20. The predicted molar refractivity (Wildman–Crippen MR) is 416 cm³/mol. The topological polar surface area (TPSA) is 185 Å². The first kappa shape index (κ1) is 74.7. The van der Waals surface area contributed by atoms with E-state index in [1.165, 1.54) is 0 Å². The van der Waals surface area contributed by atoms with Gasteiger partial charge >= 0.3 is 122 Å². The first-order chi connectivity index (χ1) is 47.0. The summed E-state index contributed by atoms with van der Waals surface area (Å²) in [7, 11) is -71.0. The Hall–Kier alpha value is -3.57. The Kier molecular flexibility index (Phi) is 20.4. The zero-order valence-corrected chi connectivity index (χ0v) is 75.3. The molecule has 8 aromatic carbocycles. The van der Waals surface area contributed by atoms with Crippen LogP contribution in [0.4, 0.5) is 0 Å². The van der Waals surface area contributed by atoms with Crippen molar-refractivity contribution >= 4 is 180 Å². The van der Waals surface area contributed by atoms with Crippen LogP contribution in [-0.2, 0) is 82.3 Å². The normalized spacial score (nSPS) is 31.3. The first-order valence-electron chi connectivity index (χ1n) is 33.5. The van der Waals surface area contributed by atoms with Crippen LogP contribution in [-0.4, -0.2) is 139 Å². The van der Waals surface area contributed by atoms with E-state index in [-0.39, 0.29) is 0 Å². The summed E-state index contributed by atoms with van der Waals surface area (Å²) in [6.45, 7) is 32.6. The highest BCUT2D eigenvalue weighted by Gasteiger charge is 2.84. The van der Waals surface area contributed by atoms with E-state index >= 15 is 0 Å². The average Bonchev–Trinajstić information content (AvgIpc) is 0.676. The molecule has 36 heteroatoms. The predicted octanol–water partition coefficient (Wildman–Crippen LogP) is 8.77. The largest absolute Gasteiger partial charge is 0.515 e. The van der Waals surface area contributed by atoms with Crippen molar-refractivity contribution in [2.24, 2.45) is 0 Å². The van der Waals surface area contributed by atoms with Crippen molar-refractivity contribution in [3.05, 3.63) is 243 Å². The van der Waals surface area contributed by atoms with Crippen molar-refractivity contribution in [3.8, 4) is 0 Å². The summed E-state index contributed by atoms with van der Waals surface area (Å²) in [4.78, 5) is 0. The molecule has 528 valence electrons. The molecule has 6 fully saturated rings. The SMILES string of the molecule is C[Si](C)(C)O[Si](C)(C)O[Si](C)(C)O[Si]1(C)O[Si]2(c3ccccc3)O[Si]3(c4ccccc4)O[Si]4(c5ccccc5)O[Si](C)(O[Si](C)(C)O[Si](C)(C)O[Si](C)(C)C)O[Si]5(c6ccccc6)O[Si](c6ccccc6)(O[Si](c6ccccc6)(O1)O[Si](c1ccccc1)(O5)O[Si](c1ccccc1)(O2)O4)O3. The zero-order valence-electron chi connectivity index (χ0n) is 59.3. The Morgan fingerprint density at radius 3 is 0.470 bits per heavy atom. The van der Waals surface area contributed by atoms with Crippen molar-refractivity contribution in [1.29, 1.82) is 0 Å². The average molecular weight is 1630 g/mol. The summed E-state index contributed by atoms with van der Waals surface area (Å²) in [5.74, 6) is 0. The van der Waals surface area contributed by atoms with E-state index in [9.17, 15) is 0 Å². The first-order valence-corrected chi connectivity index (χ1v) is 69.8. The van der Waals surface area contributed by atoms with Crippen molar-refractivity contribution in [1.82, 2.24) is 0 Å². The molecule has 0 amide bonds. The van der Waals surface area contributed by atoms with Crippen LogP contribution in [0.3, 0.4) is 0 Å². The number of benzene rings is 8. The smallest absolute Gasteiger partial charge is 0.437 e. The second-order valence-electron chi connectivity index (χ2n) is 29.0. The molecule has 8 bridgehead atoms. The van der Waals surface area contributed by atoms with Crippen LogP contribution in [0.5, 0.6) is 0 Å². The van der Waals surface area contributed by atoms with Crippen molar-refractivity contribution in [3.63, 3.8) is 0 Å². The fourth-order valence-electron chi connectivity index (χ4n) is 13.6. The number of hydrogen-bond donors (Lipinski definition) is 0. The fourth-order valence-corrected chi connectivity index (χ4v) is 98.5. The van der Waals surface area contributed by atoms with E-state index < -0.39 is 139 Å². The van der Waals surface area contributed by atoms with Gasteiger partial charge in [-0.3, -0.25) is 0 Å². The van der Waals surface area contributed by atoms with Gasteiger partial charge in [-0.1, -0.05) is 243 Å². The van der Waals surface area contributed by atoms with Crippen LogP contribution in [0.15, 0.2) is 243 Å². The standard InChI is InChI=1S/C64H88O20Si16/c1-85(2,3)65-87(7,8)67-89(11,12)69-91(15)71-93(57-41-25-17-26-42-57)75-97(61-49-33-21-34-50-61)79-95(59-45-29-19-30-46-59)73-92(16,70-90(13,14)68-88(9,10)66-86(4,5)6)74-96(60-47-31-20-32-48-60)81-99(83-97,63-53-37-23-38-54-63)77-94(72-91,58-43-27-18-28-44-58)78-100(82-96,64-55-39-24-40-56-64)84-98(76-93,80-95)62-51-35-22-36-52-62/h17-56H,1-16H3. The van der Waals surface area contributed by atoms with Crippen LogP contribution in [0.1, 0.15) is 0 Å². The van der Waals surface area contributed by atoms with Gasteiger partial charge in [0.15, 0.2) is 16.6 Å². The second kappa shape index (κ2) is 27.3. The van der Waals surface area contributed by atoms with Gasteiger partial charge in [-0.15, -0.1) is 0 Å². The van der Waals surface area contributed by atoms with E-state index in [0.29, 0.717) is 41.5 Å². The third-order valence-corrected chi connectivity index (χ3v) is 79.6. The minimum Gasteiger partial charge on any atom is -0.437 e. The minimum atomic E-state index is -5.45. The van der Waals surface area contributed by atoms with Crippen LogP contribution < -0.4 is 41.5 Å². The zero-order chi connectivity index (χ0) is 71.0. The number of fused-ring (bicyclic) bond motifs is 4. The lowest BCUT2D eigenvalue weighted by Gasteiger charge is -2.60. The van der Waals surface area contributed by atoms with Crippen LogP contribution >= 0.6 is 0 Å². The molecule has 0 unspecified atom stereocenters. The Morgan fingerprint density at radius 2 is 0.330 bits per heavy atom. The Labute approximate surface area is 605 Å². The molecule has 0 aliphatic carbocycles. The molecule has 6 aliphatic heterocycles. The highest BCUT2D eigenvalue weighted by Crippen LogP contribution is 2.48. The van der Waals surface area contributed by atoms with Crippen LogP contribution in [0.2, 0.25) is 105 Å². The highest BCUT2D eigenvalue weighted by molar-refractivity contribution is 7.13. The Balaban J connectivity index is 1.27. The molecule has 0 N–H and O–H groups in total. The quantitative estimate of drug-likeness (QED) is 0.0659. The maximum absolute atomic E-state index is 8.71. The third-order valence-electron chi connectivity index (χ3n) is 15.9. The summed E-state index contributed by atoms with van der Waals surface area (Å²) in [5.41, 5.74) is 0. The lowest BCUT2D eigenvalue weighted by molar-refractivity contribution is 0.0133.